The van der Waals surface area contributed by atoms with Crippen LogP contribution in [0, 0.1) is 0 Å². The van der Waals surface area contributed by atoms with Crippen molar-refractivity contribution in [2.45, 2.75) is 6.42 Å². The molecule has 3 aromatic heterocycles. The van der Waals surface area contributed by atoms with Gasteiger partial charge in [-0.25, -0.2) is 9.97 Å². The smallest absolute Gasteiger partial charge is 0.227 e. The number of oxazole rings is 2. The van der Waals surface area contributed by atoms with Gasteiger partial charge < -0.3 is 13.4 Å². The van der Waals surface area contributed by atoms with E-state index in [0.29, 0.717) is 11.8 Å². The summed E-state index contributed by atoms with van der Waals surface area (Å²) in [5, 5.41) is 2.47. The zero-order valence-corrected chi connectivity index (χ0v) is 45.5. The van der Waals surface area contributed by atoms with Gasteiger partial charge in [-0.3, -0.25) is 0 Å². The highest BCUT2D eigenvalue weighted by molar-refractivity contribution is 9.10. The number of fused-ring (bicyclic) bond motifs is 8. The Labute approximate surface area is 477 Å². The van der Waals surface area contributed by atoms with E-state index in [0.717, 1.165) is 49.9 Å². The summed E-state index contributed by atoms with van der Waals surface area (Å²) in [5.74, 6) is 1.30. The zero-order chi connectivity index (χ0) is 54.1. The van der Waals surface area contributed by atoms with Crippen LogP contribution in [0.3, 0.4) is 0 Å². The van der Waals surface area contributed by atoms with Crippen LogP contribution in [0.2, 0.25) is 0 Å². The maximum atomic E-state index is 6.02. The Morgan fingerprint density at radius 2 is 0.654 bits per heavy atom. The summed E-state index contributed by atoms with van der Waals surface area (Å²) in [7, 11) is 0. The zero-order valence-electron chi connectivity index (χ0n) is 44.0. The van der Waals surface area contributed by atoms with Crippen molar-refractivity contribution in [3.63, 3.8) is 0 Å². The van der Waals surface area contributed by atoms with Crippen LogP contribution in [0.1, 0.15) is 11.1 Å². The standard InChI is InChI=1S/C37H24N2O.C25H18.C13H8BrNO/c1-3-9-25(10-4-1)28-17-21-34-31(23-28)32-24-29(26-11-5-2-6-12-26)18-22-35(32)39(34)30-19-15-27(16-20-30)37-38-33-13-7-8-14-36(33)40-37;1-3-7-18(8-4-1)20-11-13-22-15-23-14-12-21(17-25(23)24(22)16-20)19-9-5-2-6-10-19;14-10-7-5-9(6-8-10)13-15-11-3-1-2-4-12(11)16-13/h1-24H;1-14,16-17H,15H2;1-8H. The molecule has 0 bridgehead atoms. The highest BCUT2D eigenvalue weighted by Gasteiger charge is 2.20. The van der Waals surface area contributed by atoms with Crippen LogP contribution in [0.25, 0.3) is 128 Å². The molecule has 3 heterocycles. The summed E-state index contributed by atoms with van der Waals surface area (Å²) in [6, 6.07) is 102. The van der Waals surface area contributed by atoms with Crippen LogP contribution in [0.4, 0.5) is 0 Å². The molecule has 1 aliphatic rings. The number of hydrogen-bond acceptors (Lipinski definition) is 4. The van der Waals surface area contributed by atoms with Crippen molar-refractivity contribution in [2.75, 3.05) is 0 Å². The molecule has 384 valence electrons. The minimum absolute atomic E-state index is 0.634. The second kappa shape index (κ2) is 21.6. The predicted molar refractivity (Wildman–Crippen MR) is 337 cm³/mol. The third-order valence-corrected chi connectivity index (χ3v) is 15.7. The minimum atomic E-state index is 0.634. The first-order valence-corrected chi connectivity index (χ1v) is 28.0. The molecule has 5 nitrogen and oxygen atoms in total. The third kappa shape index (κ3) is 9.94. The second-order valence-corrected chi connectivity index (χ2v) is 21.1. The lowest BCUT2D eigenvalue weighted by atomic mass is 9.96. The first-order chi connectivity index (χ1) is 40.0. The number of para-hydroxylation sites is 4. The number of rotatable bonds is 7. The van der Waals surface area contributed by atoms with Crippen molar-refractivity contribution < 1.29 is 8.83 Å². The average molecular weight is 1110 g/mol. The average Bonchev–Trinajstić information content (AvgIpc) is 4.37. The highest BCUT2D eigenvalue weighted by Crippen LogP contribution is 2.42. The van der Waals surface area contributed by atoms with E-state index in [1.807, 2.05) is 72.8 Å². The van der Waals surface area contributed by atoms with Gasteiger partial charge in [-0.1, -0.05) is 198 Å². The Kier molecular flexibility index (Phi) is 13.1. The largest absolute Gasteiger partial charge is 0.436 e. The molecule has 12 aromatic carbocycles. The summed E-state index contributed by atoms with van der Waals surface area (Å²) in [5.41, 5.74) is 24.4. The molecule has 1 aliphatic carbocycles. The van der Waals surface area contributed by atoms with Gasteiger partial charge in [0.1, 0.15) is 11.0 Å². The fourth-order valence-corrected chi connectivity index (χ4v) is 11.3. The van der Waals surface area contributed by atoms with Gasteiger partial charge in [0.25, 0.3) is 0 Å². The molecule has 0 atom stereocenters. The number of halogens is 1. The summed E-state index contributed by atoms with van der Waals surface area (Å²) in [6.45, 7) is 0. The summed E-state index contributed by atoms with van der Waals surface area (Å²) >= 11 is 3.40. The fourth-order valence-electron chi connectivity index (χ4n) is 11.0. The Bertz CT molecular complexity index is 4450. The van der Waals surface area contributed by atoms with Gasteiger partial charge in [0.2, 0.25) is 11.8 Å². The van der Waals surface area contributed by atoms with Crippen LogP contribution >= 0.6 is 15.9 Å². The molecule has 0 aliphatic heterocycles. The lowest BCUT2D eigenvalue weighted by Gasteiger charge is -2.09. The molecule has 0 saturated heterocycles. The van der Waals surface area contributed by atoms with Crippen LogP contribution in [-0.4, -0.2) is 14.5 Å². The maximum Gasteiger partial charge on any atom is 0.227 e. The van der Waals surface area contributed by atoms with Gasteiger partial charge >= 0.3 is 0 Å². The van der Waals surface area contributed by atoms with E-state index in [2.05, 4.69) is 249 Å². The molecular weight excluding hydrogens is 1050 g/mol. The minimum Gasteiger partial charge on any atom is -0.436 e. The van der Waals surface area contributed by atoms with E-state index in [9.17, 15) is 0 Å². The maximum absolute atomic E-state index is 6.02. The third-order valence-electron chi connectivity index (χ3n) is 15.1. The van der Waals surface area contributed by atoms with E-state index in [1.54, 1.807) is 0 Å². The van der Waals surface area contributed by atoms with Crippen LogP contribution in [0.5, 0.6) is 0 Å². The highest BCUT2D eigenvalue weighted by atomic mass is 79.9. The van der Waals surface area contributed by atoms with Crippen molar-refractivity contribution in [2.24, 2.45) is 0 Å². The Balaban J connectivity index is 0.000000122. The van der Waals surface area contributed by atoms with E-state index >= 15 is 0 Å². The summed E-state index contributed by atoms with van der Waals surface area (Å²) in [6.07, 6.45) is 1.04. The number of aromatic nitrogens is 3. The Morgan fingerprint density at radius 1 is 0.309 bits per heavy atom. The molecule has 0 amide bonds. The van der Waals surface area contributed by atoms with Crippen molar-refractivity contribution in [3.05, 3.63) is 307 Å². The molecule has 0 N–H and O–H groups in total. The van der Waals surface area contributed by atoms with E-state index in [-0.39, 0.29) is 0 Å². The van der Waals surface area contributed by atoms with Crippen LogP contribution in [-0.2, 0) is 6.42 Å². The fraction of sp³-hybridized carbons (Fsp3) is 0.0133. The molecule has 6 heteroatoms. The molecule has 0 radical (unpaired) electrons. The molecule has 0 saturated carbocycles. The van der Waals surface area contributed by atoms with Gasteiger partial charge in [0.05, 0.1) is 11.0 Å². The van der Waals surface area contributed by atoms with Gasteiger partial charge in [-0.15, -0.1) is 0 Å². The first kappa shape index (κ1) is 49.2. The van der Waals surface area contributed by atoms with E-state index in [1.165, 1.54) is 88.6 Å². The van der Waals surface area contributed by atoms with Crippen molar-refractivity contribution in [1.29, 1.82) is 0 Å². The van der Waals surface area contributed by atoms with Crippen LogP contribution < -0.4 is 0 Å². The SMILES string of the molecule is Brc1ccc(-c2nc3ccccc3o2)cc1.c1ccc(-c2ccc3c(c2)-c2cc(-c4ccccc4)ccc2C3)cc1.c1ccc(-c2ccc3c(c2)c2cc(-c4ccccc4)ccc2n3-c2ccc(-c3nc4ccccc4o3)cc2)cc1. The van der Waals surface area contributed by atoms with Crippen molar-refractivity contribution in [1.82, 2.24) is 14.5 Å². The molecule has 0 unspecified atom stereocenters. The molecule has 16 rings (SSSR count). The first-order valence-electron chi connectivity index (χ1n) is 27.2. The number of nitrogens with zero attached hydrogens (tertiary/aromatic N) is 3. The number of benzene rings is 12. The Hall–Kier alpha value is -10.1. The van der Waals surface area contributed by atoms with Gasteiger partial charge in [-0.2, -0.15) is 0 Å². The summed E-state index contributed by atoms with van der Waals surface area (Å²) in [4.78, 5) is 9.11. The Morgan fingerprint density at radius 3 is 1.06 bits per heavy atom. The van der Waals surface area contributed by atoms with Gasteiger partial charge in [-0.05, 0) is 182 Å². The molecule has 15 aromatic rings. The van der Waals surface area contributed by atoms with E-state index < -0.39 is 0 Å². The molecule has 0 fully saturated rings. The normalized spacial score (nSPS) is 11.5. The lowest BCUT2D eigenvalue weighted by Crippen LogP contribution is -1.94. The van der Waals surface area contributed by atoms with E-state index in [4.69, 9.17) is 8.83 Å². The van der Waals surface area contributed by atoms with Crippen molar-refractivity contribution in [3.8, 4) is 84.2 Å². The second-order valence-electron chi connectivity index (χ2n) is 20.2. The van der Waals surface area contributed by atoms with Crippen molar-refractivity contribution >= 4 is 59.9 Å². The quantitative estimate of drug-likeness (QED) is 0.160. The van der Waals surface area contributed by atoms with Gasteiger partial charge in [0.15, 0.2) is 11.2 Å². The molecular formula is C75H50BrN3O2. The van der Waals surface area contributed by atoms with Crippen LogP contribution in [0.15, 0.2) is 304 Å². The monoisotopic (exact) mass is 1100 g/mol. The topological polar surface area (TPSA) is 57.0 Å². The lowest BCUT2D eigenvalue weighted by molar-refractivity contribution is 0.619. The predicted octanol–water partition coefficient (Wildman–Crippen LogP) is 20.8. The number of hydrogen-bond donors (Lipinski definition) is 0. The molecule has 81 heavy (non-hydrogen) atoms. The molecule has 0 spiro atoms. The summed E-state index contributed by atoms with van der Waals surface area (Å²) < 4.78 is 15.1. The van der Waals surface area contributed by atoms with Gasteiger partial charge in [0, 0.05) is 32.1 Å².